The Labute approximate surface area is 177 Å². The summed E-state index contributed by atoms with van der Waals surface area (Å²) in [5, 5.41) is 0.623. The van der Waals surface area contributed by atoms with Gasteiger partial charge in [0.2, 0.25) is 0 Å². The molecule has 1 atom stereocenters. The summed E-state index contributed by atoms with van der Waals surface area (Å²) in [5.41, 5.74) is 2.98. The van der Waals surface area contributed by atoms with Gasteiger partial charge in [0.15, 0.2) is 6.10 Å². The van der Waals surface area contributed by atoms with Crippen molar-refractivity contribution in [2.75, 3.05) is 26.2 Å². The summed E-state index contributed by atoms with van der Waals surface area (Å²) in [6.07, 6.45) is 0.147. The van der Waals surface area contributed by atoms with E-state index in [0.717, 1.165) is 12.0 Å². The van der Waals surface area contributed by atoms with Crippen LogP contribution in [0.15, 0.2) is 42.5 Å². The number of halogens is 1. The van der Waals surface area contributed by atoms with Gasteiger partial charge in [-0.05, 0) is 74.7 Å². The second kappa shape index (κ2) is 9.31. The molecule has 5 nitrogen and oxygen atoms in total. The van der Waals surface area contributed by atoms with Gasteiger partial charge in [0.05, 0.1) is 0 Å². The Hall–Kier alpha value is -2.53. The van der Waals surface area contributed by atoms with Crippen LogP contribution in [0.2, 0.25) is 5.02 Å². The Morgan fingerprint density at radius 2 is 1.59 bits per heavy atom. The molecule has 0 aliphatic carbocycles. The number of rotatable bonds is 4. The molecule has 1 fully saturated rings. The minimum absolute atomic E-state index is 0.0212. The number of ether oxygens (including phenoxy) is 1. The largest absolute Gasteiger partial charge is 0.481 e. The van der Waals surface area contributed by atoms with Crippen molar-refractivity contribution >= 4 is 23.4 Å². The van der Waals surface area contributed by atoms with Gasteiger partial charge in [-0.15, -0.1) is 0 Å². The minimum atomic E-state index is -0.599. The number of carbonyl (C=O) groups excluding carboxylic acids is 2. The van der Waals surface area contributed by atoms with Gasteiger partial charge in [-0.25, -0.2) is 0 Å². The Balaban J connectivity index is 1.59. The van der Waals surface area contributed by atoms with Crippen molar-refractivity contribution in [2.24, 2.45) is 0 Å². The number of aryl methyl sites for hydroxylation is 2. The van der Waals surface area contributed by atoms with Crippen molar-refractivity contribution in [1.29, 1.82) is 0 Å². The molecular formula is C23H27ClN2O3. The first kappa shape index (κ1) is 21.2. The zero-order chi connectivity index (χ0) is 21.0. The fourth-order valence-electron chi connectivity index (χ4n) is 3.42. The van der Waals surface area contributed by atoms with Crippen LogP contribution in [0.25, 0.3) is 0 Å². The molecule has 154 valence electrons. The average molecular weight is 415 g/mol. The van der Waals surface area contributed by atoms with E-state index >= 15 is 0 Å². The van der Waals surface area contributed by atoms with Crippen LogP contribution < -0.4 is 4.74 Å². The number of benzene rings is 2. The molecular weight excluding hydrogens is 388 g/mol. The highest BCUT2D eigenvalue weighted by Gasteiger charge is 2.26. The molecule has 6 heteroatoms. The van der Waals surface area contributed by atoms with E-state index in [0.29, 0.717) is 42.5 Å². The molecule has 1 unspecified atom stereocenters. The lowest BCUT2D eigenvalue weighted by Crippen LogP contribution is -2.43. The smallest absolute Gasteiger partial charge is 0.263 e. The zero-order valence-electron chi connectivity index (χ0n) is 17.2. The van der Waals surface area contributed by atoms with E-state index in [1.54, 1.807) is 36.1 Å². The maximum Gasteiger partial charge on any atom is 0.263 e. The van der Waals surface area contributed by atoms with Gasteiger partial charge in [-0.1, -0.05) is 17.7 Å². The third kappa shape index (κ3) is 5.30. The number of hydrogen-bond acceptors (Lipinski definition) is 3. The molecule has 1 aliphatic heterocycles. The third-order valence-electron chi connectivity index (χ3n) is 5.32. The average Bonchev–Trinajstić information content (AvgIpc) is 2.97. The Morgan fingerprint density at radius 3 is 2.28 bits per heavy atom. The quantitative estimate of drug-likeness (QED) is 0.756. The van der Waals surface area contributed by atoms with E-state index in [-0.39, 0.29) is 11.8 Å². The lowest BCUT2D eigenvalue weighted by atomic mass is 10.1. The summed E-state index contributed by atoms with van der Waals surface area (Å²) in [4.78, 5) is 29.3. The van der Waals surface area contributed by atoms with Crippen LogP contribution in [0.1, 0.15) is 34.8 Å². The molecule has 1 saturated heterocycles. The lowest BCUT2D eigenvalue weighted by molar-refractivity contribution is -0.137. The first-order chi connectivity index (χ1) is 13.8. The molecule has 1 aliphatic rings. The molecule has 0 radical (unpaired) electrons. The molecule has 0 aromatic heterocycles. The summed E-state index contributed by atoms with van der Waals surface area (Å²) in [6, 6.07) is 12.8. The van der Waals surface area contributed by atoms with Crippen LogP contribution in [0, 0.1) is 13.8 Å². The predicted molar refractivity (Wildman–Crippen MR) is 115 cm³/mol. The van der Waals surface area contributed by atoms with E-state index in [1.165, 1.54) is 5.56 Å². The number of carbonyl (C=O) groups is 2. The molecule has 2 amide bonds. The first-order valence-corrected chi connectivity index (χ1v) is 10.3. The molecule has 2 aromatic carbocycles. The molecule has 0 saturated carbocycles. The van der Waals surface area contributed by atoms with Crippen molar-refractivity contribution in [1.82, 2.24) is 9.80 Å². The molecule has 3 rings (SSSR count). The summed E-state index contributed by atoms with van der Waals surface area (Å²) < 4.78 is 5.76. The van der Waals surface area contributed by atoms with Crippen molar-refractivity contribution in [3.05, 3.63) is 64.2 Å². The van der Waals surface area contributed by atoms with Gasteiger partial charge >= 0.3 is 0 Å². The number of nitrogens with zero attached hydrogens (tertiary/aromatic N) is 2. The Morgan fingerprint density at radius 1 is 0.931 bits per heavy atom. The monoisotopic (exact) mass is 414 g/mol. The van der Waals surface area contributed by atoms with Gasteiger partial charge in [0.25, 0.3) is 11.8 Å². The molecule has 1 heterocycles. The van der Waals surface area contributed by atoms with Gasteiger partial charge < -0.3 is 14.5 Å². The summed E-state index contributed by atoms with van der Waals surface area (Å²) in [7, 11) is 0. The van der Waals surface area contributed by atoms with E-state index in [4.69, 9.17) is 16.3 Å². The first-order valence-electron chi connectivity index (χ1n) is 9.92. The topological polar surface area (TPSA) is 49.9 Å². The fraction of sp³-hybridized carbons (Fsp3) is 0.391. The van der Waals surface area contributed by atoms with E-state index < -0.39 is 6.10 Å². The van der Waals surface area contributed by atoms with E-state index in [2.05, 4.69) is 0 Å². The molecule has 29 heavy (non-hydrogen) atoms. The summed E-state index contributed by atoms with van der Waals surface area (Å²) in [6.45, 7) is 8.07. The maximum absolute atomic E-state index is 12.9. The van der Waals surface area contributed by atoms with Gasteiger partial charge in [0, 0.05) is 36.8 Å². The number of amides is 2. The highest BCUT2D eigenvalue weighted by molar-refractivity contribution is 6.30. The molecule has 0 spiro atoms. The van der Waals surface area contributed by atoms with Crippen molar-refractivity contribution < 1.29 is 14.3 Å². The van der Waals surface area contributed by atoms with E-state index in [1.807, 2.05) is 36.9 Å². The second-order valence-electron chi connectivity index (χ2n) is 7.48. The van der Waals surface area contributed by atoms with Crippen LogP contribution in [0.3, 0.4) is 0 Å². The number of hydrogen-bond donors (Lipinski definition) is 0. The third-order valence-corrected chi connectivity index (χ3v) is 5.57. The van der Waals surface area contributed by atoms with E-state index in [9.17, 15) is 9.59 Å². The van der Waals surface area contributed by atoms with Crippen LogP contribution >= 0.6 is 11.6 Å². The maximum atomic E-state index is 12.9. The summed E-state index contributed by atoms with van der Waals surface area (Å²) >= 11 is 5.89. The predicted octanol–water partition coefficient (Wildman–Crippen LogP) is 4.10. The minimum Gasteiger partial charge on any atom is -0.481 e. The Bertz CT molecular complexity index is 882. The van der Waals surface area contributed by atoms with Crippen LogP contribution in [0.5, 0.6) is 5.75 Å². The molecule has 0 bridgehead atoms. The lowest BCUT2D eigenvalue weighted by Gasteiger charge is -2.25. The van der Waals surface area contributed by atoms with Crippen molar-refractivity contribution in [3.8, 4) is 5.75 Å². The molecule has 2 aromatic rings. The van der Waals surface area contributed by atoms with Crippen molar-refractivity contribution in [3.63, 3.8) is 0 Å². The second-order valence-corrected chi connectivity index (χ2v) is 7.92. The van der Waals surface area contributed by atoms with Crippen LogP contribution in [-0.2, 0) is 4.79 Å². The Kier molecular flexibility index (Phi) is 6.80. The van der Waals surface area contributed by atoms with Crippen molar-refractivity contribution in [2.45, 2.75) is 33.3 Å². The van der Waals surface area contributed by atoms with Crippen LogP contribution in [0.4, 0.5) is 0 Å². The van der Waals surface area contributed by atoms with Crippen LogP contribution in [-0.4, -0.2) is 53.9 Å². The fourth-order valence-corrected chi connectivity index (χ4v) is 3.55. The zero-order valence-corrected chi connectivity index (χ0v) is 17.9. The SMILES string of the molecule is Cc1ccc(C(=O)N2CCCN(C(=O)C(C)Oc3ccc(Cl)cc3)CC2)cc1C. The normalized spacial score (nSPS) is 15.6. The standard InChI is InChI=1S/C23H27ClN2O3/c1-16-5-6-19(15-17(16)2)23(28)26-12-4-11-25(13-14-26)22(27)18(3)29-21-9-7-20(24)8-10-21/h5-10,15,18H,4,11-14H2,1-3H3. The molecule has 0 N–H and O–H groups in total. The highest BCUT2D eigenvalue weighted by Crippen LogP contribution is 2.18. The highest BCUT2D eigenvalue weighted by atomic mass is 35.5. The van der Waals surface area contributed by atoms with Gasteiger partial charge in [-0.3, -0.25) is 9.59 Å². The van der Waals surface area contributed by atoms with Gasteiger partial charge in [0.1, 0.15) is 5.75 Å². The van der Waals surface area contributed by atoms with Gasteiger partial charge in [-0.2, -0.15) is 0 Å². The summed E-state index contributed by atoms with van der Waals surface area (Å²) in [5.74, 6) is 0.560.